The summed E-state index contributed by atoms with van der Waals surface area (Å²) in [4.78, 5) is 2.44. The van der Waals surface area contributed by atoms with Crippen molar-refractivity contribution in [3.05, 3.63) is 0 Å². The van der Waals surface area contributed by atoms with Crippen LogP contribution < -0.4 is 0 Å². The van der Waals surface area contributed by atoms with Crippen molar-refractivity contribution in [2.75, 3.05) is 46.1 Å². The Hall–Kier alpha value is -0.120. The maximum Gasteiger partial charge on any atom is 0.0593 e. The zero-order valence-electron chi connectivity index (χ0n) is 9.71. The van der Waals surface area contributed by atoms with Crippen molar-refractivity contribution >= 4 is 0 Å². The lowest BCUT2D eigenvalue weighted by Gasteiger charge is -2.55. The maximum absolute atomic E-state index is 5.29. The molecular formula is C11H23NO2. The molecule has 0 atom stereocenters. The number of likely N-dealkylation sites (tertiary alicyclic amines) is 1. The molecule has 0 unspecified atom stereocenters. The van der Waals surface area contributed by atoms with E-state index in [1.807, 2.05) is 20.8 Å². The van der Waals surface area contributed by atoms with Gasteiger partial charge in [0.15, 0.2) is 0 Å². The van der Waals surface area contributed by atoms with Crippen molar-refractivity contribution in [1.82, 2.24) is 4.90 Å². The van der Waals surface area contributed by atoms with E-state index in [2.05, 4.69) is 4.90 Å². The summed E-state index contributed by atoms with van der Waals surface area (Å²) < 4.78 is 10.5. The van der Waals surface area contributed by atoms with Gasteiger partial charge in [0.2, 0.25) is 0 Å². The van der Waals surface area contributed by atoms with Crippen LogP contribution in [0.5, 0.6) is 0 Å². The Morgan fingerprint density at radius 1 is 1.29 bits per heavy atom. The summed E-state index contributed by atoms with van der Waals surface area (Å²) in [5.41, 5.74) is 0.562. The van der Waals surface area contributed by atoms with Gasteiger partial charge in [-0.05, 0) is 6.92 Å². The van der Waals surface area contributed by atoms with Crippen molar-refractivity contribution < 1.29 is 9.47 Å². The molecule has 0 aromatic rings. The molecule has 0 amide bonds. The summed E-state index contributed by atoms with van der Waals surface area (Å²) in [6.45, 7) is 13.3. The third-order valence-corrected chi connectivity index (χ3v) is 2.69. The van der Waals surface area contributed by atoms with Crippen LogP contribution in [-0.4, -0.2) is 51.0 Å². The molecule has 0 saturated carbocycles. The van der Waals surface area contributed by atoms with Crippen molar-refractivity contribution in [2.45, 2.75) is 20.8 Å². The first-order valence-electron chi connectivity index (χ1n) is 5.72. The lowest BCUT2D eigenvalue weighted by atomic mass is 9.78. The lowest BCUT2D eigenvalue weighted by Crippen LogP contribution is -2.66. The van der Waals surface area contributed by atoms with Crippen LogP contribution in [0, 0.1) is 5.41 Å². The second-order valence-electron chi connectivity index (χ2n) is 3.90. The largest absolute Gasteiger partial charge is 0.380 e. The van der Waals surface area contributed by atoms with Gasteiger partial charge >= 0.3 is 0 Å². The minimum absolute atomic E-state index is 0.562. The highest BCUT2D eigenvalue weighted by Crippen LogP contribution is 2.36. The van der Waals surface area contributed by atoms with Crippen molar-refractivity contribution in [2.24, 2.45) is 5.41 Å². The van der Waals surface area contributed by atoms with Gasteiger partial charge in [0, 0.05) is 31.7 Å². The average molecular weight is 201 g/mol. The molecule has 2 aliphatic rings. The van der Waals surface area contributed by atoms with E-state index in [4.69, 9.17) is 9.47 Å². The van der Waals surface area contributed by atoms with Gasteiger partial charge in [-0.1, -0.05) is 13.8 Å². The summed E-state index contributed by atoms with van der Waals surface area (Å²) in [6.07, 6.45) is 0. The molecule has 14 heavy (non-hydrogen) atoms. The first kappa shape index (κ1) is 12.0. The van der Waals surface area contributed by atoms with Crippen LogP contribution in [0.15, 0.2) is 0 Å². The van der Waals surface area contributed by atoms with Crippen LogP contribution >= 0.6 is 0 Å². The van der Waals surface area contributed by atoms with Gasteiger partial charge in [-0.25, -0.2) is 0 Å². The standard InChI is InChI=1S/C9H17NO2.C2H6/c1-2-11-4-3-10-5-9(6-10)7-12-8-9;1-2/h2-8H2,1H3;1-2H3. The summed E-state index contributed by atoms with van der Waals surface area (Å²) in [7, 11) is 0. The van der Waals surface area contributed by atoms with E-state index in [0.717, 1.165) is 33.0 Å². The Morgan fingerprint density at radius 2 is 1.93 bits per heavy atom. The molecule has 1 spiro atoms. The second kappa shape index (κ2) is 5.69. The lowest BCUT2D eigenvalue weighted by molar-refractivity contribution is -0.190. The van der Waals surface area contributed by atoms with Crippen molar-refractivity contribution in [1.29, 1.82) is 0 Å². The maximum atomic E-state index is 5.29. The zero-order valence-corrected chi connectivity index (χ0v) is 9.71. The van der Waals surface area contributed by atoms with Gasteiger partial charge in [-0.3, -0.25) is 4.90 Å². The van der Waals surface area contributed by atoms with Crippen LogP contribution in [0.1, 0.15) is 20.8 Å². The highest BCUT2D eigenvalue weighted by atomic mass is 16.5. The normalized spacial score (nSPS) is 23.4. The van der Waals surface area contributed by atoms with E-state index >= 15 is 0 Å². The van der Waals surface area contributed by atoms with Gasteiger partial charge < -0.3 is 9.47 Å². The molecule has 2 heterocycles. The van der Waals surface area contributed by atoms with Gasteiger partial charge in [-0.2, -0.15) is 0 Å². The second-order valence-corrected chi connectivity index (χ2v) is 3.90. The molecule has 0 aromatic heterocycles. The monoisotopic (exact) mass is 201 g/mol. The average Bonchev–Trinajstić information content (AvgIpc) is 2.09. The van der Waals surface area contributed by atoms with E-state index in [9.17, 15) is 0 Å². The molecule has 2 fully saturated rings. The first-order chi connectivity index (χ1) is 6.85. The molecule has 0 aromatic carbocycles. The number of rotatable bonds is 4. The third-order valence-electron chi connectivity index (χ3n) is 2.69. The Kier molecular flexibility index (Phi) is 4.85. The number of nitrogens with zero attached hydrogens (tertiary/aromatic N) is 1. The van der Waals surface area contributed by atoms with Crippen molar-refractivity contribution in [3.63, 3.8) is 0 Å². The predicted octanol–water partition coefficient (Wildman–Crippen LogP) is 1.38. The highest BCUT2D eigenvalue weighted by molar-refractivity contribution is 4.99. The minimum atomic E-state index is 0.562. The Balaban J connectivity index is 0.000000461. The zero-order chi connectivity index (χ0) is 10.4. The van der Waals surface area contributed by atoms with E-state index in [1.165, 1.54) is 13.1 Å². The van der Waals surface area contributed by atoms with Crippen LogP contribution in [0.4, 0.5) is 0 Å². The fourth-order valence-electron chi connectivity index (χ4n) is 1.97. The summed E-state index contributed by atoms with van der Waals surface area (Å²) >= 11 is 0. The molecule has 2 saturated heterocycles. The van der Waals surface area contributed by atoms with Crippen LogP contribution in [-0.2, 0) is 9.47 Å². The quantitative estimate of drug-likeness (QED) is 0.641. The van der Waals surface area contributed by atoms with E-state index in [1.54, 1.807) is 0 Å². The van der Waals surface area contributed by atoms with Gasteiger partial charge in [0.25, 0.3) is 0 Å². The van der Waals surface area contributed by atoms with Crippen LogP contribution in [0.25, 0.3) is 0 Å². The van der Waals surface area contributed by atoms with Crippen molar-refractivity contribution in [3.8, 4) is 0 Å². The van der Waals surface area contributed by atoms with Crippen LogP contribution in [0.3, 0.4) is 0 Å². The molecule has 0 N–H and O–H groups in total. The summed E-state index contributed by atoms with van der Waals surface area (Å²) in [6, 6.07) is 0. The number of ether oxygens (including phenoxy) is 2. The molecular weight excluding hydrogens is 178 g/mol. The Morgan fingerprint density at radius 3 is 2.36 bits per heavy atom. The Bertz CT molecular complexity index is 149. The summed E-state index contributed by atoms with van der Waals surface area (Å²) in [5, 5.41) is 0. The smallest absolute Gasteiger partial charge is 0.0593 e. The van der Waals surface area contributed by atoms with Gasteiger partial charge in [0.1, 0.15) is 0 Å². The van der Waals surface area contributed by atoms with Crippen LogP contribution in [0.2, 0.25) is 0 Å². The van der Waals surface area contributed by atoms with Gasteiger partial charge in [-0.15, -0.1) is 0 Å². The molecule has 0 bridgehead atoms. The molecule has 0 radical (unpaired) electrons. The first-order valence-corrected chi connectivity index (χ1v) is 5.72. The predicted molar refractivity (Wildman–Crippen MR) is 57.5 cm³/mol. The summed E-state index contributed by atoms with van der Waals surface area (Å²) in [5.74, 6) is 0. The van der Waals surface area contributed by atoms with Gasteiger partial charge in [0.05, 0.1) is 19.8 Å². The molecule has 3 heteroatoms. The SMILES string of the molecule is CC.CCOCCN1CC2(COC2)C1. The molecule has 84 valence electrons. The van der Waals surface area contributed by atoms with E-state index < -0.39 is 0 Å². The topological polar surface area (TPSA) is 21.7 Å². The number of hydrogen-bond acceptors (Lipinski definition) is 3. The minimum Gasteiger partial charge on any atom is -0.380 e. The molecule has 3 nitrogen and oxygen atoms in total. The highest BCUT2D eigenvalue weighted by Gasteiger charge is 2.48. The van der Waals surface area contributed by atoms with E-state index in [0.29, 0.717) is 5.41 Å². The Labute approximate surface area is 87.4 Å². The third kappa shape index (κ3) is 2.69. The number of hydrogen-bond donors (Lipinski definition) is 0. The fourth-order valence-corrected chi connectivity index (χ4v) is 1.97. The molecule has 2 aliphatic heterocycles. The fraction of sp³-hybridized carbons (Fsp3) is 1.00. The molecule has 2 rings (SSSR count). The molecule has 0 aliphatic carbocycles. The van der Waals surface area contributed by atoms with E-state index in [-0.39, 0.29) is 0 Å².